The van der Waals surface area contributed by atoms with Gasteiger partial charge >= 0.3 is 5.97 Å². The van der Waals surface area contributed by atoms with Crippen molar-refractivity contribution in [3.05, 3.63) is 86.7 Å². The number of carbonyl (C=O) groups is 1. The van der Waals surface area contributed by atoms with E-state index in [4.69, 9.17) is 19.9 Å². The number of esters is 1. The van der Waals surface area contributed by atoms with Crippen LogP contribution in [0.5, 0.6) is 5.75 Å². The summed E-state index contributed by atoms with van der Waals surface area (Å²) in [5.74, 6) is -1.32. The Labute approximate surface area is 181 Å². The maximum Gasteiger partial charge on any atom is 0.338 e. The lowest BCUT2D eigenvalue weighted by Gasteiger charge is -2.28. The van der Waals surface area contributed by atoms with Crippen LogP contribution in [0.1, 0.15) is 24.0 Å². The minimum Gasteiger partial charge on any atom is -0.489 e. The molecule has 8 heteroatoms. The summed E-state index contributed by atoms with van der Waals surface area (Å²) in [6.45, 7) is 1.67. The summed E-state index contributed by atoms with van der Waals surface area (Å²) in [4.78, 5) is 12.5. The second-order valence-corrected chi connectivity index (χ2v) is 7.40. The zero-order valence-electron chi connectivity index (χ0n) is 16.2. The number of allylic oxidation sites excluding steroid dienone is 2. The summed E-state index contributed by atoms with van der Waals surface area (Å²) in [5.41, 5.74) is 7.30. The van der Waals surface area contributed by atoms with E-state index in [1.807, 2.05) is 6.07 Å². The van der Waals surface area contributed by atoms with Crippen LogP contribution in [0.3, 0.4) is 0 Å². The molecule has 3 rings (SSSR count). The molecule has 1 atom stereocenters. The smallest absolute Gasteiger partial charge is 0.338 e. The minimum atomic E-state index is -0.851. The van der Waals surface area contributed by atoms with Crippen LogP contribution in [0.15, 0.2) is 69.7 Å². The summed E-state index contributed by atoms with van der Waals surface area (Å²) in [6, 6.07) is 13.3. The topological polar surface area (TPSA) is 94.6 Å². The fourth-order valence-corrected chi connectivity index (χ4v) is 3.61. The predicted octanol–water partition coefficient (Wildman–Crippen LogP) is 4.42. The van der Waals surface area contributed by atoms with Crippen LogP contribution in [-0.4, -0.2) is 13.1 Å². The van der Waals surface area contributed by atoms with Gasteiger partial charge in [-0.05, 0) is 42.8 Å². The van der Waals surface area contributed by atoms with Crippen molar-refractivity contribution in [3.63, 3.8) is 0 Å². The van der Waals surface area contributed by atoms with Gasteiger partial charge in [-0.15, -0.1) is 0 Å². The monoisotopic (exact) mass is 472 g/mol. The van der Waals surface area contributed by atoms with E-state index in [0.717, 1.165) is 0 Å². The highest BCUT2D eigenvalue weighted by molar-refractivity contribution is 9.10. The highest BCUT2D eigenvalue weighted by Crippen LogP contribution is 2.44. The number of rotatable bonds is 5. The molecular weight excluding hydrogens is 455 g/mol. The molecule has 0 unspecified atom stereocenters. The quantitative estimate of drug-likeness (QED) is 0.647. The molecule has 0 aliphatic carbocycles. The van der Waals surface area contributed by atoms with Gasteiger partial charge in [0.2, 0.25) is 5.88 Å². The van der Waals surface area contributed by atoms with Gasteiger partial charge in [0.25, 0.3) is 0 Å². The Morgan fingerprint density at radius 1 is 1.33 bits per heavy atom. The van der Waals surface area contributed by atoms with Crippen LogP contribution in [0, 0.1) is 17.1 Å². The lowest BCUT2D eigenvalue weighted by molar-refractivity contribution is -0.136. The lowest BCUT2D eigenvalue weighted by atomic mass is 9.82. The average molecular weight is 473 g/mol. The Morgan fingerprint density at radius 3 is 2.77 bits per heavy atom. The molecule has 0 spiro atoms. The molecule has 0 radical (unpaired) electrons. The summed E-state index contributed by atoms with van der Waals surface area (Å²) in [5, 5.41) is 9.71. The Bertz CT molecular complexity index is 1100. The van der Waals surface area contributed by atoms with Gasteiger partial charge in [-0.1, -0.05) is 28.1 Å². The van der Waals surface area contributed by atoms with Gasteiger partial charge in [0.05, 0.1) is 18.6 Å². The maximum absolute atomic E-state index is 13.5. The van der Waals surface area contributed by atoms with Gasteiger partial charge in [-0.25, -0.2) is 9.18 Å². The minimum absolute atomic E-state index is 0.0645. The van der Waals surface area contributed by atoms with Crippen LogP contribution < -0.4 is 10.5 Å². The summed E-state index contributed by atoms with van der Waals surface area (Å²) >= 11 is 3.42. The van der Waals surface area contributed by atoms with Gasteiger partial charge in [0.15, 0.2) is 0 Å². The van der Waals surface area contributed by atoms with Crippen molar-refractivity contribution < 1.29 is 23.4 Å². The second kappa shape index (κ2) is 9.01. The number of methoxy groups -OCH3 is 1. The third kappa shape index (κ3) is 4.31. The molecule has 6 nitrogen and oxygen atoms in total. The summed E-state index contributed by atoms with van der Waals surface area (Å²) < 4.78 is 30.5. The van der Waals surface area contributed by atoms with Gasteiger partial charge in [-0.2, -0.15) is 5.26 Å². The Hall–Kier alpha value is -3.31. The Balaban J connectivity index is 2.09. The number of nitrogens with two attached hydrogens (primary N) is 1. The highest BCUT2D eigenvalue weighted by Gasteiger charge is 2.37. The highest BCUT2D eigenvalue weighted by atomic mass is 79.9. The number of halogens is 2. The van der Waals surface area contributed by atoms with Gasteiger partial charge < -0.3 is 19.9 Å². The fraction of sp³-hybridized carbons (Fsp3) is 0.182. The predicted molar refractivity (Wildman–Crippen MR) is 110 cm³/mol. The molecule has 1 aliphatic rings. The third-order valence-electron chi connectivity index (χ3n) is 4.58. The number of benzene rings is 2. The first kappa shape index (κ1) is 21.4. The van der Waals surface area contributed by atoms with Crippen molar-refractivity contribution >= 4 is 21.9 Å². The maximum atomic E-state index is 13.5. The third-order valence-corrected chi connectivity index (χ3v) is 5.07. The molecule has 0 saturated heterocycles. The van der Waals surface area contributed by atoms with Gasteiger partial charge in [0.1, 0.15) is 35.6 Å². The second-order valence-electron chi connectivity index (χ2n) is 6.49. The van der Waals surface area contributed by atoms with Crippen molar-refractivity contribution in [1.29, 1.82) is 5.26 Å². The van der Waals surface area contributed by atoms with Gasteiger partial charge in [0, 0.05) is 10.0 Å². The zero-order valence-corrected chi connectivity index (χ0v) is 17.8. The van der Waals surface area contributed by atoms with E-state index in [-0.39, 0.29) is 35.2 Å². The van der Waals surface area contributed by atoms with Crippen molar-refractivity contribution in [1.82, 2.24) is 0 Å². The molecule has 30 heavy (non-hydrogen) atoms. The molecule has 0 saturated carbocycles. The van der Waals surface area contributed by atoms with Crippen LogP contribution in [0.2, 0.25) is 0 Å². The Kier molecular flexibility index (Phi) is 6.43. The van der Waals surface area contributed by atoms with Crippen LogP contribution in [0.4, 0.5) is 4.39 Å². The molecule has 0 fully saturated rings. The number of nitriles is 1. The molecule has 0 bridgehead atoms. The summed E-state index contributed by atoms with van der Waals surface area (Å²) in [6.07, 6.45) is 0. The number of carbonyl (C=O) groups excluding carboxylic acids is 1. The molecule has 2 aromatic rings. The molecular formula is C22H18BrFN2O4. The van der Waals surface area contributed by atoms with E-state index in [1.54, 1.807) is 37.3 Å². The largest absolute Gasteiger partial charge is 0.489 e. The normalized spacial score (nSPS) is 16.0. The van der Waals surface area contributed by atoms with E-state index in [1.165, 1.54) is 19.2 Å². The molecule has 1 aliphatic heterocycles. The summed E-state index contributed by atoms with van der Waals surface area (Å²) in [7, 11) is 1.25. The average Bonchev–Trinajstić information content (AvgIpc) is 2.72. The SMILES string of the molecule is COC(=O)C1=C(C)OC(N)=C(C#N)[C@H]1c1cc(Br)ccc1OCc1cccc(F)c1. The lowest BCUT2D eigenvalue weighted by Crippen LogP contribution is -2.25. The molecule has 2 aromatic carbocycles. The van der Waals surface area contributed by atoms with Crippen molar-refractivity contribution in [3.8, 4) is 11.8 Å². The van der Waals surface area contributed by atoms with Crippen molar-refractivity contribution in [2.24, 2.45) is 5.73 Å². The molecule has 1 heterocycles. The van der Waals surface area contributed by atoms with E-state index >= 15 is 0 Å². The molecule has 2 N–H and O–H groups in total. The van der Waals surface area contributed by atoms with E-state index < -0.39 is 11.9 Å². The van der Waals surface area contributed by atoms with E-state index in [9.17, 15) is 14.4 Å². The number of hydrogen-bond acceptors (Lipinski definition) is 6. The first-order valence-electron chi connectivity index (χ1n) is 8.89. The van der Waals surface area contributed by atoms with Crippen molar-refractivity contribution in [2.75, 3.05) is 7.11 Å². The van der Waals surface area contributed by atoms with Crippen LogP contribution in [-0.2, 0) is 20.9 Å². The molecule has 0 aromatic heterocycles. The number of hydrogen-bond donors (Lipinski definition) is 1. The molecule has 0 amide bonds. The number of ether oxygens (including phenoxy) is 3. The van der Waals surface area contributed by atoms with Crippen LogP contribution in [0.25, 0.3) is 0 Å². The van der Waals surface area contributed by atoms with Gasteiger partial charge in [-0.3, -0.25) is 0 Å². The first-order chi connectivity index (χ1) is 14.3. The first-order valence-corrected chi connectivity index (χ1v) is 9.68. The van der Waals surface area contributed by atoms with E-state index in [0.29, 0.717) is 21.3 Å². The van der Waals surface area contributed by atoms with Crippen molar-refractivity contribution in [2.45, 2.75) is 19.4 Å². The Morgan fingerprint density at radius 2 is 2.10 bits per heavy atom. The number of nitrogens with zero attached hydrogens (tertiary/aromatic N) is 1. The fourth-order valence-electron chi connectivity index (χ4n) is 3.23. The van der Waals surface area contributed by atoms with E-state index in [2.05, 4.69) is 15.9 Å². The molecule has 154 valence electrons. The van der Waals surface area contributed by atoms with Crippen LogP contribution >= 0.6 is 15.9 Å². The zero-order chi connectivity index (χ0) is 21.8. The standard InChI is InChI=1S/C22H18BrFN2O4/c1-12-19(22(27)28-2)20(17(10-25)21(26)30-12)16-9-14(23)6-7-18(16)29-11-13-4-3-5-15(24)8-13/h3-9,20H,11,26H2,1-2H3/t20-/m1/s1.